The van der Waals surface area contributed by atoms with Crippen molar-refractivity contribution in [3.8, 4) is 11.1 Å². The maximum atomic E-state index is 12.9. The number of benzene rings is 2. The first-order chi connectivity index (χ1) is 17.5. The second-order valence-electron chi connectivity index (χ2n) is 8.28. The zero-order chi connectivity index (χ0) is 25.6. The molecule has 3 aromatic rings. The van der Waals surface area contributed by atoms with Crippen LogP contribution >= 0.6 is 0 Å². The van der Waals surface area contributed by atoms with Crippen molar-refractivity contribution in [1.82, 2.24) is 20.6 Å². The topological polar surface area (TPSA) is 133 Å². The van der Waals surface area contributed by atoms with Gasteiger partial charge in [-0.1, -0.05) is 54.6 Å². The Bertz CT molecular complexity index is 1110. The fraction of sp³-hybridized carbons (Fsp3) is 0.296. The third-order valence-electron chi connectivity index (χ3n) is 5.47. The molecule has 0 unspecified atom stereocenters. The van der Waals surface area contributed by atoms with Gasteiger partial charge >= 0.3 is 5.97 Å². The summed E-state index contributed by atoms with van der Waals surface area (Å²) in [5.74, 6) is -1.27. The number of carboxylic acid groups (broad SMARTS) is 1. The average Bonchev–Trinajstić information content (AvgIpc) is 2.90. The summed E-state index contributed by atoms with van der Waals surface area (Å²) in [5.41, 5.74) is 3.04. The number of carboxylic acids is 1. The third kappa shape index (κ3) is 9.17. The van der Waals surface area contributed by atoms with Crippen molar-refractivity contribution in [3.05, 3.63) is 78.6 Å². The summed E-state index contributed by atoms with van der Waals surface area (Å²) in [7, 11) is 0. The fourth-order valence-electron chi connectivity index (χ4n) is 3.57. The first kappa shape index (κ1) is 26.3. The molecule has 0 saturated heterocycles. The molecule has 9 heteroatoms. The predicted molar refractivity (Wildman–Crippen MR) is 137 cm³/mol. The molecule has 0 saturated carbocycles. The average molecular weight is 490 g/mol. The molecule has 2 aromatic carbocycles. The number of unbranched alkanes of at least 4 members (excludes halogenated alkanes) is 1. The van der Waals surface area contributed by atoms with Gasteiger partial charge in [-0.15, -0.1) is 0 Å². The third-order valence-corrected chi connectivity index (χ3v) is 5.47. The van der Waals surface area contributed by atoms with Gasteiger partial charge in [0.2, 0.25) is 17.8 Å². The molecule has 36 heavy (non-hydrogen) atoms. The van der Waals surface area contributed by atoms with Crippen molar-refractivity contribution >= 4 is 23.7 Å². The zero-order valence-corrected chi connectivity index (χ0v) is 20.0. The van der Waals surface area contributed by atoms with Gasteiger partial charge in [-0.3, -0.25) is 14.4 Å². The number of nitrogens with zero attached hydrogens (tertiary/aromatic N) is 2. The van der Waals surface area contributed by atoms with E-state index in [0.29, 0.717) is 25.5 Å². The van der Waals surface area contributed by atoms with Crippen molar-refractivity contribution < 1.29 is 19.5 Å². The summed E-state index contributed by atoms with van der Waals surface area (Å²) in [4.78, 5) is 44.2. The van der Waals surface area contributed by atoms with Crippen molar-refractivity contribution in [3.63, 3.8) is 0 Å². The summed E-state index contributed by atoms with van der Waals surface area (Å²) < 4.78 is 0. The zero-order valence-electron chi connectivity index (χ0n) is 20.0. The second kappa shape index (κ2) is 14.2. The first-order valence-corrected chi connectivity index (χ1v) is 12.0. The Morgan fingerprint density at radius 2 is 1.47 bits per heavy atom. The number of hydrogen-bond donors (Lipinski definition) is 4. The Morgan fingerprint density at radius 3 is 2.17 bits per heavy atom. The lowest BCUT2D eigenvalue weighted by atomic mass is 10.00. The van der Waals surface area contributed by atoms with Gasteiger partial charge in [-0.05, 0) is 35.6 Å². The molecule has 0 aliphatic heterocycles. The van der Waals surface area contributed by atoms with E-state index in [1.165, 1.54) is 0 Å². The fourth-order valence-corrected chi connectivity index (χ4v) is 3.57. The van der Waals surface area contributed by atoms with E-state index in [2.05, 4.69) is 25.9 Å². The maximum absolute atomic E-state index is 12.9. The van der Waals surface area contributed by atoms with Crippen LogP contribution in [0.5, 0.6) is 0 Å². The number of anilines is 1. The van der Waals surface area contributed by atoms with E-state index in [-0.39, 0.29) is 18.7 Å². The highest BCUT2D eigenvalue weighted by Gasteiger charge is 2.21. The van der Waals surface area contributed by atoms with Gasteiger partial charge in [0.25, 0.3) is 0 Å². The molecule has 0 aliphatic rings. The highest BCUT2D eigenvalue weighted by Crippen LogP contribution is 2.19. The number of rotatable bonds is 14. The monoisotopic (exact) mass is 489 g/mol. The first-order valence-electron chi connectivity index (χ1n) is 12.0. The number of aromatic nitrogens is 2. The lowest BCUT2D eigenvalue weighted by Crippen LogP contribution is -2.48. The van der Waals surface area contributed by atoms with Crippen molar-refractivity contribution in [1.29, 1.82) is 0 Å². The molecule has 3 rings (SSSR count). The van der Waals surface area contributed by atoms with E-state index in [4.69, 9.17) is 5.11 Å². The number of aliphatic carboxylic acids is 1. The molecule has 0 aliphatic carbocycles. The minimum Gasteiger partial charge on any atom is -0.481 e. The van der Waals surface area contributed by atoms with Crippen LogP contribution in [0.3, 0.4) is 0 Å². The van der Waals surface area contributed by atoms with Gasteiger partial charge in [0.1, 0.15) is 6.04 Å². The van der Waals surface area contributed by atoms with Gasteiger partial charge in [-0.25, -0.2) is 9.97 Å². The minimum atomic E-state index is -1.06. The van der Waals surface area contributed by atoms with Crippen LogP contribution in [0.15, 0.2) is 73.1 Å². The number of amides is 2. The van der Waals surface area contributed by atoms with Crippen LogP contribution in [0.4, 0.5) is 5.95 Å². The Balaban J connectivity index is 1.52. The molecule has 0 spiro atoms. The maximum Gasteiger partial charge on any atom is 0.303 e. The smallest absolute Gasteiger partial charge is 0.303 e. The van der Waals surface area contributed by atoms with Crippen LogP contribution < -0.4 is 16.0 Å². The second-order valence-corrected chi connectivity index (χ2v) is 8.28. The number of hydrogen-bond acceptors (Lipinski definition) is 6. The number of carbonyl (C=O) groups excluding carboxylic acids is 2. The van der Waals surface area contributed by atoms with E-state index in [1.54, 1.807) is 18.5 Å². The molecule has 188 valence electrons. The molecule has 0 radical (unpaired) electrons. The summed E-state index contributed by atoms with van der Waals surface area (Å²) in [6, 6.07) is 18.7. The summed E-state index contributed by atoms with van der Waals surface area (Å²) in [5, 5.41) is 17.5. The Morgan fingerprint density at radius 1 is 0.806 bits per heavy atom. The van der Waals surface area contributed by atoms with E-state index >= 15 is 0 Å². The molecule has 0 bridgehead atoms. The molecule has 2 amide bonds. The van der Waals surface area contributed by atoms with E-state index in [0.717, 1.165) is 29.5 Å². The largest absolute Gasteiger partial charge is 0.481 e. The molecular weight excluding hydrogens is 458 g/mol. The molecule has 4 N–H and O–H groups in total. The van der Waals surface area contributed by atoms with Gasteiger partial charge in [0.15, 0.2) is 0 Å². The minimum absolute atomic E-state index is 0.181. The van der Waals surface area contributed by atoms with Crippen LogP contribution in [0.25, 0.3) is 11.1 Å². The molecular formula is C27H31N5O4. The lowest BCUT2D eigenvalue weighted by molar-refractivity contribution is -0.139. The summed E-state index contributed by atoms with van der Waals surface area (Å²) in [6.07, 6.45) is 4.69. The van der Waals surface area contributed by atoms with Crippen molar-refractivity contribution in [2.45, 2.75) is 38.1 Å². The highest BCUT2D eigenvalue weighted by atomic mass is 16.4. The van der Waals surface area contributed by atoms with Crippen LogP contribution in [-0.2, 0) is 20.8 Å². The predicted octanol–water partition coefficient (Wildman–Crippen LogP) is 3.04. The van der Waals surface area contributed by atoms with Crippen LogP contribution in [0.2, 0.25) is 0 Å². The highest BCUT2D eigenvalue weighted by molar-refractivity contribution is 5.88. The lowest BCUT2D eigenvalue weighted by Gasteiger charge is -2.19. The molecule has 1 atom stereocenters. The van der Waals surface area contributed by atoms with Crippen molar-refractivity contribution in [2.75, 3.05) is 18.4 Å². The number of carbonyl (C=O) groups is 3. The van der Waals surface area contributed by atoms with Crippen LogP contribution in [0, 0.1) is 0 Å². The Hall–Kier alpha value is -4.27. The van der Waals surface area contributed by atoms with E-state index in [9.17, 15) is 14.4 Å². The van der Waals surface area contributed by atoms with E-state index < -0.39 is 17.9 Å². The molecule has 1 aromatic heterocycles. The van der Waals surface area contributed by atoms with Gasteiger partial charge in [0.05, 0.1) is 6.42 Å². The summed E-state index contributed by atoms with van der Waals surface area (Å²) in [6.45, 7) is 1.12. The molecule has 1 heterocycles. The van der Waals surface area contributed by atoms with E-state index in [1.807, 2.05) is 54.6 Å². The quantitative estimate of drug-likeness (QED) is 0.256. The van der Waals surface area contributed by atoms with Crippen molar-refractivity contribution in [2.24, 2.45) is 0 Å². The van der Waals surface area contributed by atoms with Gasteiger partial charge in [0, 0.05) is 38.3 Å². The molecule has 0 fully saturated rings. The Kier molecular flexibility index (Phi) is 10.4. The SMILES string of the molecule is O=C(O)CCC(=O)N[C@@H](Cc1ccc(-c2ccccc2)cc1)C(=O)NCCCCNc1ncccn1. The standard InChI is InChI=1S/C27H31N5O4/c33-24(13-14-25(34)35)32-23(19-20-9-11-22(12-10-20)21-7-2-1-3-8-21)26(36)28-15-4-5-16-29-27-30-17-6-18-31-27/h1-3,6-12,17-18,23H,4-5,13-16,19H2,(H,28,36)(H,32,33)(H,34,35)(H,29,30,31)/t23-/m0/s1. The molecule has 9 nitrogen and oxygen atoms in total. The van der Waals surface area contributed by atoms with Gasteiger partial charge < -0.3 is 21.1 Å². The normalized spacial score (nSPS) is 11.3. The van der Waals surface area contributed by atoms with Crippen LogP contribution in [-0.4, -0.2) is 52.0 Å². The summed E-state index contributed by atoms with van der Waals surface area (Å²) >= 11 is 0. The van der Waals surface area contributed by atoms with Gasteiger partial charge in [-0.2, -0.15) is 0 Å². The number of nitrogens with one attached hydrogen (secondary N) is 3. The Labute approximate surface area is 210 Å². The van der Waals surface area contributed by atoms with Crippen LogP contribution in [0.1, 0.15) is 31.2 Å².